The number of fused-ring (bicyclic) bond motifs is 4. The Hall–Kier alpha value is -2.67. The fraction of sp³-hybridized carbons (Fsp3) is 0.316. The summed E-state index contributed by atoms with van der Waals surface area (Å²) in [4.78, 5) is 30.8. The highest BCUT2D eigenvalue weighted by molar-refractivity contribution is 7.18. The van der Waals surface area contributed by atoms with Crippen molar-refractivity contribution in [3.63, 3.8) is 0 Å². The molecule has 0 radical (unpaired) electrons. The molecule has 4 aromatic rings. The minimum Gasteiger partial charge on any atom is -0.298 e. The van der Waals surface area contributed by atoms with Crippen LogP contribution in [0.1, 0.15) is 29.7 Å². The summed E-state index contributed by atoms with van der Waals surface area (Å²) in [7, 11) is 1.87. The Morgan fingerprint density at radius 2 is 2.00 bits per heavy atom. The highest BCUT2D eigenvalue weighted by atomic mass is 32.1. The second-order valence-electron chi connectivity index (χ2n) is 6.85. The van der Waals surface area contributed by atoms with Gasteiger partial charge in [-0.25, -0.2) is 9.36 Å². The van der Waals surface area contributed by atoms with Crippen LogP contribution in [0, 0.1) is 0 Å². The SMILES string of the molecule is Cn1ncc2cc(-n3c(=O)[nH]c4sc5c(c4c3=O)CCCCC5)ccc21. The predicted octanol–water partition coefficient (Wildman–Crippen LogP) is 2.90. The van der Waals surface area contributed by atoms with Gasteiger partial charge in [-0.15, -0.1) is 11.3 Å². The molecule has 3 aromatic heterocycles. The number of nitrogens with zero attached hydrogens (tertiary/aromatic N) is 3. The van der Waals surface area contributed by atoms with Gasteiger partial charge in [0.2, 0.25) is 0 Å². The van der Waals surface area contributed by atoms with Crippen molar-refractivity contribution < 1.29 is 0 Å². The van der Waals surface area contributed by atoms with Crippen molar-refractivity contribution in [3.8, 4) is 5.69 Å². The topological polar surface area (TPSA) is 72.7 Å². The van der Waals surface area contributed by atoms with Gasteiger partial charge in [-0.2, -0.15) is 5.10 Å². The van der Waals surface area contributed by atoms with Crippen LogP contribution in [0.5, 0.6) is 0 Å². The number of hydrogen-bond acceptors (Lipinski definition) is 4. The van der Waals surface area contributed by atoms with Gasteiger partial charge >= 0.3 is 5.69 Å². The van der Waals surface area contributed by atoms with Crippen LogP contribution in [-0.4, -0.2) is 19.3 Å². The van der Waals surface area contributed by atoms with E-state index in [2.05, 4.69) is 10.1 Å². The maximum atomic E-state index is 13.3. The third-order valence-electron chi connectivity index (χ3n) is 5.25. The van der Waals surface area contributed by atoms with E-state index >= 15 is 0 Å². The van der Waals surface area contributed by atoms with Gasteiger partial charge in [0, 0.05) is 17.3 Å². The zero-order chi connectivity index (χ0) is 17.8. The highest BCUT2D eigenvalue weighted by Crippen LogP contribution is 2.32. The highest BCUT2D eigenvalue weighted by Gasteiger charge is 2.20. The van der Waals surface area contributed by atoms with E-state index in [9.17, 15) is 9.59 Å². The van der Waals surface area contributed by atoms with Gasteiger partial charge in [-0.3, -0.25) is 14.5 Å². The van der Waals surface area contributed by atoms with Gasteiger partial charge < -0.3 is 0 Å². The van der Waals surface area contributed by atoms with Gasteiger partial charge in [-0.05, 0) is 49.4 Å². The Bertz CT molecular complexity index is 1270. The molecule has 7 heteroatoms. The van der Waals surface area contributed by atoms with Gasteiger partial charge in [0.05, 0.1) is 22.8 Å². The molecular weight excluding hydrogens is 348 g/mol. The largest absolute Gasteiger partial charge is 0.334 e. The van der Waals surface area contributed by atoms with Gasteiger partial charge in [0.25, 0.3) is 5.56 Å². The average molecular weight is 366 g/mol. The quantitative estimate of drug-likeness (QED) is 0.527. The molecule has 0 fully saturated rings. The molecule has 0 unspecified atom stereocenters. The van der Waals surface area contributed by atoms with Crippen molar-refractivity contribution in [2.75, 3.05) is 0 Å². The van der Waals surface area contributed by atoms with Crippen molar-refractivity contribution in [1.29, 1.82) is 0 Å². The predicted molar refractivity (Wildman–Crippen MR) is 104 cm³/mol. The van der Waals surface area contributed by atoms with Crippen molar-refractivity contribution in [2.24, 2.45) is 7.05 Å². The molecular formula is C19H18N4O2S. The second-order valence-corrected chi connectivity index (χ2v) is 7.96. The fourth-order valence-corrected chi connectivity index (χ4v) is 5.21. The van der Waals surface area contributed by atoms with E-state index < -0.39 is 0 Å². The summed E-state index contributed by atoms with van der Waals surface area (Å²) in [6.45, 7) is 0. The van der Waals surface area contributed by atoms with Crippen LogP contribution >= 0.6 is 11.3 Å². The average Bonchev–Trinajstić information content (AvgIpc) is 3.07. The first kappa shape index (κ1) is 15.6. The lowest BCUT2D eigenvalue weighted by molar-refractivity contribution is 0.713. The van der Waals surface area contributed by atoms with Crippen molar-refractivity contribution in [2.45, 2.75) is 32.1 Å². The number of thiophene rings is 1. The number of nitrogens with one attached hydrogen (secondary N) is 1. The third kappa shape index (κ3) is 2.20. The maximum Gasteiger partial charge on any atom is 0.334 e. The first-order valence-corrected chi connectivity index (χ1v) is 9.67. The molecule has 0 atom stereocenters. The molecule has 0 amide bonds. The molecule has 6 nitrogen and oxygen atoms in total. The lowest BCUT2D eigenvalue weighted by atomic mass is 10.1. The van der Waals surface area contributed by atoms with Gasteiger partial charge in [0.1, 0.15) is 4.83 Å². The summed E-state index contributed by atoms with van der Waals surface area (Å²) >= 11 is 1.57. The molecule has 0 aliphatic heterocycles. The van der Waals surface area contributed by atoms with Crippen LogP contribution in [0.15, 0.2) is 34.0 Å². The molecule has 0 saturated carbocycles. The van der Waals surface area contributed by atoms with Crippen molar-refractivity contribution in [3.05, 3.63) is 55.7 Å². The molecule has 1 N–H and O–H groups in total. The molecule has 132 valence electrons. The smallest absolute Gasteiger partial charge is 0.298 e. The number of benzene rings is 1. The van der Waals surface area contributed by atoms with E-state index in [1.807, 2.05) is 19.2 Å². The first-order chi connectivity index (χ1) is 12.6. The molecule has 0 bridgehead atoms. The molecule has 0 saturated heterocycles. The molecule has 1 aliphatic carbocycles. The minimum absolute atomic E-state index is 0.216. The van der Waals surface area contributed by atoms with Crippen LogP contribution < -0.4 is 11.2 Å². The van der Waals surface area contributed by atoms with Gasteiger partial charge in [-0.1, -0.05) is 6.42 Å². The summed E-state index contributed by atoms with van der Waals surface area (Å²) in [5, 5.41) is 5.83. The summed E-state index contributed by atoms with van der Waals surface area (Å²) in [6.07, 6.45) is 7.09. The molecule has 3 heterocycles. The lowest BCUT2D eigenvalue weighted by Crippen LogP contribution is -2.33. The fourth-order valence-electron chi connectivity index (χ4n) is 3.94. The number of aryl methyl sites for hydroxylation is 3. The second kappa shape index (κ2) is 5.67. The van der Waals surface area contributed by atoms with E-state index in [1.165, 1.54) is 15.9 Å². The summed E-state index contributed by atoms with van der Waals surface area (Å²) < 4.78 is 3.03. The number of aromatic nitrogens is 4. The van der Waals surface area contributed by atoms with Crippen LogP contribution in [0.2, 0.25) is 0 Å². The zero-order valence-corrected chi connectivity index (χ0v) is 15.2. The van der Waals surface area contributed by atoms with Crippen LogP contribution in [0.3, 0.4) is 0 Å². The van der Waals surface area contributed by atoms with Crippen molar-refractivity contribution >= 4 is 32.5 Å². The van der Waals surface area contributed by atoms with E-state index in [-0.39, 0.29) is 11.2 Å². The molecule has 1 aromatic carbocycles. The summed E-state index contributed by atoms with van der Waals surface area (Å²) in [5.74, 6) is 0. The van der Waals surface area contributed by atoms with E-state index in [1.54, 1.807) is 28.3 Å². The molecule has 0 spiro atoms. The monoisotopic (exact) mass is 366 g/mol. The Labute approximate surface area is 152 Å². The lowest BCUT2D eigenvalue weighted by Gasteiger charge is -2.06. The number of aromatic amines is 1. The Morgan fingerprint density at radius 1 is 1.15 bits per heavy atom. The van der Waals surface area contributed by atoms with E-state index in [0.717, 1.165) is 42.1 Å². The molecule has 1 aliphatic rings. The Morgan fingerprint density at radius 3 is 2.88 bits per heavy atom. The van der Waals surface area contributed by atoms with Crippen LogP contribution in [0.25, 0.3) is 26.8 Å². The number of H-pyrrole nitrogens is 1. The molecule has 5 rings (SSSR count). The molecule has 26 heavy (non-hydrogen) atoms. The van der Waals surface area contributed by atoms with Crippen molar-refractivity contribution in [1.82, 2.24) is 19.3 Å². The maximum absolute atomic E-state index is 13.3. The van der Waals surface area contributed by atoms with E-state index in [4.69, 9.17) is 0 Å². The van der Waals surface area contributed by atoms with Gasteiger partial charge in [0.15, 0.2) is 0 Å². The summed E-state index contributed by atoms with van der Waals surface area (Å²) in [6, 6.07) is 5.54. The third-order valence-corrected chi connectivity index (χ3v) is 6.46. The number of rotatable bonds is 1. The Balaban J connectivity index is 1.80. The van der Waals surface area contributed by atoms with Crippen LogP contribution in [-0.2, 0) is 19.9 Å². The van der Waals surface area contributed by atoms with E-state index in [0.29, 0.717) is 15.9 Å². The zero-order valence-electron chi connectivity index (χ0n) is 14.4. The number of hydrogen-bond donors (Lipinski definition) is 1. The Kier molecular flexibility index (Phi) is 3.40. The first-order valence-electron chi connectivity index (χ1n) is 8.85. The normalized spacial score (nSPS) is 14.7. The van der Waals surface area contributed by atoms with Crippen LogP contribution in [0.4, 0.5) is 0 Å². The standard InChI is InChI=1S/C19H18N4O2S/c1-22-14-8-7-12(9-11(14)10-20-22)23-18(24)16-13-5-3-2-4-6-15(13)26-17(16)21-19(23)25/h7-10H,2-6H2,1H3,(H,21,25). The minimum atomic E-state index is -0.387. The summed E-state index contributed by atoms with van der Waals surface area (Å²) in [5.41, 5.74) is 2.07.